The van der Waals surface area contributed by atoms with Crippen LogP contribution >= 0.6 is 0 Å². The molecule has 2 atom stereocenters. The van der Waals surface area contributed by atoms with Gasteiger partial charge in [0.25, 0.3) is 0 Å². The Kier molecular flexibility index (Phi) is 5.02. The Bertz CT molecular complexity index is 525. The van der Waals surface area contributed by atoms with Gasteiger partial charge in [-0.3, -0.25) is 4.79 Å². The summed E-state index contributed by atoms with van der Waals surface area (Å²) in [4.78, 5) is 14.8. The van der Waals surface area contributed by atoms with Crippen molar-refractivity contribution in [3.63, 3.8) is 0 Å². The molecule has 1 heterocycles. The van der Waals surface area contributed by atoms with E-state index in [4.69, 9.17) is 11.5 Å². The number of amides is 1. The van der Waals surface area contributed by atoms with E-state index < -0.39 is 0 Å². The minimum absolute atomic E-state index is 0.0292. The molecule has 1 amide bonds. The van der Waals surface area contributed by atoms with Gasteiger partial charge < -0.3 is 16.4 Å². The van der Waals surface area contributed by atoms with Crippen molar-refractivity contribution >= 4 is 5.91 Å². The Morgan fingerprint density at radius 2 is 1.83 bits per heavy atom. The minimum Gasteiger partial charge on any atom is -0.340 e. The monoisotopic (exact) mass is 315 g/mol. The number of rotatable bonds is 4. The number of hydrogen-bond donors (Lipinski definition) is 2. The summed E-state index contributed by atoms with van der Waals surface area (Å²) in [5, 5.41) is 0. The van der Waals surface area contributed by atoms with Crippen LogP contribution in [-0.4, -0.2) is 36.5 Å². The molecule has 4 heteroatoms. The normalized spacial score (nSPS) is 27.1. The van der Waals surface area contributed by atoms with Crippen molar-refractivity contribution in [3.05, 3.63) is 35.9 Å². The van der Waals surface area contributed by atoms with Gasteiger partial charge in [-0.1, -0.05) is 49.6 Å². The fourth-order valence-corrected chi connectivity index (χ4v) is 4.27. The van der Waals surface area contributed by atoms with Crippen LogP contribution in [0.4, 0.5) is 0 Å². The molecule has 2 fully saturated rings. The summed E-state index contributed by atoms with van der Waals surface area (Å²) < 4.78 is 0. The van der Waals surface area contributed by atoms with Crippen LogP contribution in [-0.2, 0) is 4.79 Å². The zero-order valence-corrected chi connectivity index (χ0v) is 13.9. The standard InChI is InChI=1S/C19H29N3O/c20-14-19(9-5-2-6-10-19)11-18(23)22-12-16(17(21)13-22)15-7-3-1-4-8-15/h1,3-4,7-8,16-17H,2,5-6,9-14,20-21H2/t16-,17+/m0/s1. The molecule has 1 aromatic carbocycles. The first-order valence-corrected chi connectivity index (χ1v) is 8.92. The number of carbonyl (C=O) groups excluding carboxylic acids is 1. The molecule has 4 N–H and O–H groups in total. The first-order valence-electron chi connectivity index (χ1n) is 8.92. The number of nitrogens with zero attached hydrogens (tertiary/aromatic N) is 1. The van der Waals surface area contributed by atoms with Gasteiger partial charge in [-0.15, -0.1) is 0 Å². The summed E-state index contributed by atoms with van der Waals surface area (Å²) in [5.41, 5.74) is 13.6. The van der Waals surface area contributed by atoms with Crippen LogP contribution in [0.1, 0.15) is 50.0 Å². The van der Waals surface area contributed by atoms with Crippen LogP contribution in [0.3, 0.4) is 0 Å². The van der Waals surface area contributed by atoms with Crippen LogP contribution in [0.5, 0.6) is 0 Å². The molecule has 126 valence electrons. The smallest absolute Gasteiger partial charge is 0.223 e. The quantitative estimate of drug-likeness (QED) is 0.895. The fourth-order valence-electron chi connectivity index (χ4n) is 4.27. The van der Waals surface area contributed by atoms with Crippen LogP contribution in [0.2, 0.25) is 0 Å². The molecule has 0 radical (unpaired) electrons. The van der Waals surface area contributed by atoms with Gasteiger partial charge in [0.1, 0.15) is 0 Å². The van der Waals surface area contributed by atoms with Crippen LogP contribution in [0.15, 0.2) is 30.3 Å². The van der Waals surface area contributed by atoms with Gasteiger partial charge in [0.15, 0.2) is 0 Å². The van der Waals surface area contributed by atoms with E-state index in [1.165, 1.54) is 24.8 Å². The number of carbonyl (C=O) groups is 1. The third-order valence-corrected chi connectivity index (χ3v) is 5.82. The highest BCUT2D eigenvalue weighted by Gasteiger charge is 2.38. The van der Waals surface area contributed by atoms with Gasteiger partial charge in [-0.05, 0) is 30.4 Å². The third kappa shape index (κ3) is 3.59. The molecular weight excluding hydrogens is 286 g/mol. The lowest BCUT2D eigenvalue weighted by molar-refractivity contribution is -0.133. The van der Waals surface area contributed by atoms with Gasteiger partial charge in [0.05, 0.1) is 0 Å². The molecule has 3 rings (SSSR count). The molecule has 2 aliphatic rings. The van der Waals surface area contributed by atoms with E-state index in [-0.39, 0.29) is 23.3 Å². The number of benzene rings is 1. The van der Waals surface area contributed by atoms with Crippen LogP contribution < -0.4 is 11.5 Å². The zero-order chi connectivity index (χ0) is 16.3. The third-order valence-electron chi connectivity index (χ3n) is 5.82. The summed E-state index contributed by atoms with van der Waals surface area (Å²) >= 11 is 0. The first-order chi connectivity index (χ1) is 11.1. The summed E-state index contributed by atoms with van der Waals surface area (Å²) in [6.45, 7) is 2.03. The lowest BCUT2D eigenvalue weighted by atomic mass is 9.71. The minimum atomic E-state index is 0.0292. The topological polar surface area (TPSA) is 72.4 Å². The molecule has 0 spiro atoms. The number of nitrogens with two attached hydrogens (primary N) is 2. The van der Waals surface area contributed by atoms with Gasteiger partial charge in [0, 0.05) is 31.5 Å². The first kappa shape index (κ1) is 16.5. The van der Waals surface area contributed by atoms with E-state index in [0.29, 0.717) is 19.5 Å². The highest BCUT2D eigenvalue weighted by Crippen LogP contribution is 2.39. The van der Waals surface area contributed by atoms with Crippen molar-refractivity contribution < 1.29 is 4.79 Å². The SMILES string of the molecule is NCC1(CC(=O)N2C[C@@H](N)[C@H](c3ccccc3)C2)CCCCC1. The van der Waals surface area contributed by atoms with E-state index in [2.05, 4.69) is 12.1 Å². The second kappa shape index (κ2) is 7.02. The molecule has 0 bridgehead atoms. The van der Waals surface area contributed by atoms with E-state index in [1.54, 1.807) is 0 Å². The van der Waals surface area contributed by atoms with Crippen molar-refractivity contribution in [3.8, 4) is 0 Å². The second-order valence-electron chi connectivity index (χ2n) is 7.42. The summed E-state index contributed by atoms with van der Waals surface area (Å²) in [6.07, 6.45) is 6.47. The molecule has 1 aromatic rings. The maximum Gasteiger partial charge on any atom is 0.223 e. The van der Waals surface area contributed by atoms with Crippen LogP contribution in [0.25, 0.3) is 0 Å². The molecular formula is C19H29N3O. The van der Waals surface area contributed by atoms with Crippen molar-refractivity contribution in [2.24, 2.45) is 16.9 Å². The zero-order valence-electron chi connectivity index (χ0n) is 13.9. The van der Waals surface area contributed by atoms with E-state index in [0.717, 1.165) is 19.4 Å². The molecule has 1 saturated heterocycles. The summed E-state index contributed by atoms with van der Waals surface area (Å²) in [5.74, 6) is 0.492. The lowest BCUT2D eigenvalue weighted by Crippen LogP contribution is -2.40. The Balaban J connectivity index is 1.64. The predicted octanol–water partition coefficient (Wildman–Crippen LogP) is 2.24. The van der Waals surface area contributed by atoms with Crippen LogP contribution in [0, 0.1) is 5.41 Å². The predicted molar refractivity (Wildman–Crippen MR) is 92.9 cm³/mol. The van der Waals surface area contributed by atoms with E-state index in [1.807, 2.05) is 23.1 Å². The molecule has 0 aromatic heterocycles. The van der Waals surface area contributed by atoms with E-state index in [9.17, 15) is 4.79 Å². The Morgan fingerprint density at radius 1 is 1.13 bits per heavy atom. The van der Waals surface area contributed by atoms with Gasteiger partial charge in [-0.25, -0.2) is 0 Å². The maximum absolute atomic E-state index is 12.8. The molecule has 1 aliphatic carbocycles. The average Bonchev–Trinajstić information content (AvgIpc) is 2.98. The van der Waals surface area contributed by atoms with Crippen molar-refractivity contribution in [1.29, 1.82) is 0 Å². The van der Waals surface area contributed by atoms with Gasteiger partial charge >= 0.3 is 0 Å². The molecule has 23 heavy (non-hydrogen) atoms. The molecule has 0 unspecified atom stereocenters. The van der Waals surface area contributed by atoms with Crippen molar-refractivity contribution in [1.82, 2.24) is 4.90 Å². The average molecular weight is 315 g/mol. The summed E-state index contributed by atoms with van der Waals surface area (Å²) in [7, 11) is 0. The largest absolute Gasteiger partial charge is 0.340 e. The molecule has 1 aliphatic heterocycles. The van der Waals surface area contributed by atoms with Crippen molar-refractivity contribution in [2.75, 3.05) is 19.6 Å². The lowest BCUT2D eigenvalue weighted by Gasteiger charge is -2.36. The Morgan fingerprint density at radius 3 is 2.48 bits per heavy atom. The fraction of sp³-hybridized carbons (Fsp3) is 0.632. The highest BCUT2D eigenvalue weighted by atomic mass is 16.2. The Hall–Kier alpha value is -1.39. The highest BCUT2D eigenvalue weighted by molar-refractivity contribution is 5.77. The van der Waals surface area contributed by atoms with Crippen molar-refractivity contribution in [2.45, 2.75) is 50.5 Å². The Labute approximate surface area is 139 Å². The van der Waals surface area contributed by atoms with E-state index >= 15 is 0 Å². The molecule has 1 saturated carbocycles. The maximum atomic E-state index is 12.8. The second-order valence-corrected chi connectivity index (χ2v) is 7.42. The summed E-state index contributed by atoms with van der Waals surface area (Å²) in [6, 6.07) is 10.3. The molecule has 4 nitrogen and oxygen atoms in total. The van der Waals surface area contributed by atoms with Gasteiger partial charge in [0.2, 0.25) is 5.91 Å². The number of likely N-dealkylation sites (tertiary alicyclic amines) is 1. The van der Waals surface area contributed by atoms with Gasteiger partial charge in [-0.2, -0.15) is 0 Å². The number of hydrogen-bond acceptors (Lipinski definition) is 3.